The maximum atomic E-state index is 11.1. The number of aromatic carboxylic acids is 2. The molecule has 0 bridgehead atoms. The average molecular weight is 266 g/mol. The third-order valence-electron chi connectivity index (χ3n) is 2.41. The van der Waals surface area contributed by atoms with Crippen molar-refractivity contribution in [3.05, 3.63) is 52.8 Å². The Morgan fingerprint density at radius 2 is 1.83 bits per heavy atom. The summed E-state index contributed by atoms with van der Waals surface area (Å²) in [7, 11) is 0. The van der Waals surface area contributed by atoms with Crippen molar-refractivity contribution in [1.29, 1.82) is 0 Å². The Hall–Kier alpha value is -2.27. The highest BCUT2D eigenvalue weighted by Crippen LogP contribution is 2.20. The van der Waals surface area contributed by atoms with Crippen molar-refractivity contribution in [3.63, 3.8) is 0 Å². The van der Waals surface area contributed by atoms with Gasteiger partial charge in [-0.2, -0.15) is 0 Å². The summed E-state index contributed by atoms with van der Waals surface area (Å²) in [5, 5.41) is 18.5. The van der Waals surface area contributed by atoms with Gasteiger partial charge in [0.15, 0.2) is 0 Å². The summed E-state index contributed by atoms with van der Waals surface area (Å²) < 4.78 is 1.28. The fourth-order valence-corrected chi connectivity index (χ4v) is 1.85. The molecular weight excluding hydrogens is 258 g/mol. The van der Waals surface area contributed by atoms with Gasteiger partial charge in [-0.3, -0.25) is 0 Å². The third-order valence-corrected chi connectivity index (χ3v) is 2.64. The van der Waals surface area contributed by atoms with Crippen molar-refractivity contribution in [2.45, 2.75) is 0 Å². The van der Waals surface area contributed by atoms with E-state index in [9.17, 15) is 9.59 Å². The van der Waals surface area contributed by atoms with E-state index in [1.165, 1.54) is 16.8 Å². The molecule has 2 rings (SSSR count). The predicted octanol–water partition coefficient (Wildman–Crippen LogP) is 2.53. The number of rotatable bonds is 3. The fraction of sp³-hybridized carbons (Fsp3) is 0. The van der Waals surface area contributed by atoms with Crippen LogP contribution in [0.1, 0.15) is 20.8 Å². The van der Waals surface area contributed by atoms with Crippen molar-refractivity contribution in [3.8, 4) is 5.69 Å². The molecule has 2 N–H and O–H groups in total. The summed E-state index contributed by atoms with van der Waals surface area (Å²) in [5.74, 6) is -2.59. The molecule has 18 heavy (non-hydrogen) atoms. The van der Waals surface area contributed by atoms with Crippen molar-refractivity contribution in [2.24, 2.45) is 0 Å². The lowest BCUT2D eigenvalue weighted by atomic mass is 10.2. The minimum Gasteiger partial charge on any atom is -0.478 e. The zero-order valence-corrected chi connectivity index (χ0v) is 9.76. The molecule has 0 radical (unpaired) electrons. The molecule has 0 amide bonds. The van der Waals surface area contributed by atoms with Gasteiger partial charge >= 0.3 is 11.9 Å². The van der Waals surface area contributed by atoms with Crippen LogP contribution in [0.5, 0.6) is 0 Å². The molecule has 0 saturated heterocycles. The van der Waals surface area contributed by atoms with Crippen molar-refractivity contribution < 1.29 is 19.8 Å². The molecule has 0 fully saturated rings. The maximum absolute atomic E-state index is 11.1. The number of nitrogens with zero attached hydrogens (tertiary/aromatic N) is 1. The second kappa shape index (κ2) is 4.54. The highest BCUT2D eigenvalue weighted by Gasteiger charge is 2.21. The first-order valence-electron chi connectivity index (χ1n) is 4.94. The van der Waals surface area contributed by atoms with Crippen molar-refractivity contribution in [1.82, 2.24) is 4.57 Å². The third kappa shape index (κ3) is 2.08. The zero-order chi connectivity index (χ0) is 13.3. The quantitative estimate of drug-likeness (QED) is 0.894. The molecular formula is C12H8ClNO4. The number of carbonyl (C=O) groups is 2. The molecule has 2 aromatic rings. The molecule has 0 saturated carbocycles. The average Bonchev–Trinajstić information content (AvgIpc) is 2.73. The fourth-order valence-electron chi connectivity index (χ4n) is 1.66. The molecule has 0 atom stereocenters. The summed E-state index contributed by atoms with van der Waals surface area (Å²) in [4.78, 5) is 22.1. The molecule has 0 aliphatic heterocycles. The van der Waals surface area contributed by atoms with E-state index in [0.29, 0.717) is 10.7 Å². The standard InChI is InChI=1S/C12H8ClNO4/c13-7-2-1-3-8(6-7)14-5-4-9(11(15)16)10(14)12(17)18/h1-6H,(H,15,16)(H,17,18). The first-order chi connectivity index (χ1) is 8.50. The molecule has 0 unspecified atom stereocenters. The van der Waals surface area contributed by atoms with Gasteiger partial charge in [-0.05, 0) is 24.3 Å². The van der Waals surface area contributed by atoms with Crippen LogP contribution in [0.4, 0.5) is 0 Å². The molecule has 1 heterocycles. The molecule has 1 aromatic heterocycles. The van der Waals surface area contributed by atoms with Crippen LogP contribution in [-0.2, 0) is 0 Å². The van der Waals surface area contributed by atoms with Gasteiger partial charge in [0.2, 0.25) is 0 Å². The molecule has 0 spiro atoms. The van der Waals surface area contributed by atoms with Crippen LogP contribution in [-0.4, -0.2) is 26.7 Å². The highest BCUT2D eigenvalue weighted by molar-refractivity contribution is 6.30. The molecule has 92 valence electrons. The van der Waals surface area contributed by atoms with E-state index >= 15 is 0 Å². The summed E-state index contributed by atoms with van der Waals surface area (Å²) in [6.07, 6.45) is 1.39. The van der Waals surface area contributed by atoms with Crippen molar-refractivity contribution in [2.75, 3.05) is 0 Å². The van der Waals surface area contributed by atoms with Gasteiger partial charge in [-0.15, -0.1) is 0 Å². The Labute approximate surface area is 107 Å². The molecule has 0 aliphatic carbocycles. The Morgan fingerprint density at radius 1 is 1.11 bits per heavy atom. The molecule has 1 aromatic carbocycles. The van der Waals surface area contributed by atoms with Gasteiger partial charge in [0.05, 0.1) is 5.56 Å². The van der Waals surface area contributed by atoms with E-state index < -0.39 is 11.9 Å². The van der Waals surface area contributed by atoms with Gasteiger partial charge in [-0.25, -0.2) is 9.59 Å². The van der Waals surface area contributed by atoms with E-state index in [-0.39, 0.29) is 11.3 Å². The van der Waals surface area contributed by atoms with Gasteiger partial charge in [0.25, 0.3) is 0 Å². The molecule has 0 aliphatic rings. The SMILES string of the molecule is O=C(O)c1ccn(-c2cccc(Cl)c2)c1C(=O)O. The van der Waals surface area contributed by atoms with Crippen LogP contribution < -0.4 is 0 Å². The largest absolute Gasteiger partial charge is 0.478 e. The lowest BCUT2D eigenvalue weighted by Crippen LogP contribution is -2.11. The van der Waals surface area contributed by atoms with Crippen LogP contribution in [0, 0.1) is 0 Å². The van der Waals surface area contributed by atoms with Gasteiger partial charge in [0, 0.05) is 16.9 Å². The lowest BCUT2D eigenvalue weighted by molar-refractivity contribution is 0.0646. The predicted molar refractivity (Wildman–Crippen MR) is 64.7 cm³/mol. The van der Waals surface area contributed by atoms with Crippen LogP contribution in [0.15, 0.2) is 36.5 Å². The number of aromatic nitrogens is 1. The molecule has 5 nitrogen and oxygen atoms in total. The van der Waals surface area contributed by atoms with Crippen LogP contribution in [0.25, 0.3) is 5.69 Å². The van der Waals surface area contributed by atoms with E-state index in [1.54, 1.807) is 24.3 Å². The summed E-state index contributed by atoms with van der Waals surface area (Å²) >= 11 is 5.82. The second-order valence-electron chi connectivity index (χ2n) is 3.54. The number of carboxylic acids is 2. The van der Waals surface area contributed by atoms with E-state index in [1.807, 2.05) is 0 Å². The summed E-state index contributed by atoms with van der Waals surface area (Å²) in [6.45, 7) is 0. The van der Waals surface area contributed by atoms with Crippen molar-refractivity contribution >= 4 is 23.5 Å². The van der Waals surface area contributed by atoms with E-state index in [2.05, 4.69) is 0 Å². The number of carboxylic acid groups (broad SMARTS) is 2. The molecule has 6 heteroatoms. The number of benzene rings is 1. The van der Waals surface area contributed by atoms with E-state index in [0.717, 1.165) is 0 Å². The van der Waals surface area contributed by atoms with Crippen LogP contribution in [0.2, 0.25) is 5.02 Å². The Bertz CT molecular complexity index is 633. The Balaban J connectivity index is 2.65. The minimum atomic E-state index is -1.31. The first kappa shape index (κ1) is 12.2. The summed E-state index contributed by atoms with van der Waals surface area (Å²) in [6, 6.07) is 7.74. The monoisotopic (exact) mass is 265 g/mol. The second-order valence-corrected chi connectivity index (χ2v) is 3.97. The smallest absolute Gasteiger partial charge is 0.353 e. The number of hydrogen-bond donors (Lipinski definition) is 2. The Kier molecular flexibility index (Phi) is 3.08. The summed E-state index contributed by atoms with van der Waals surface area (Å²) in [5.41, 5.74) is -0.0698. The lowest BCUT2D eigenvalue weighted by Gasteiger charge is -2.07. The Morgan fingerprint density at radius 3 is 2.39 bits per heavy atom. The number of halogens is 1. The van der Waals surface area contributed by atoms with Gasteiger partial charge in [0.1, 0.15) is 5.69 Å². The first-order valence-corrected chi connectivity index (χ1v) is 5.32. The normalized spacial score (nSPS) is 10.3. The van der Waals surface area contributed by atoms with Crippen LogP contribution in [0.3, 0.4) is 0 Å². The van der Waals surface area contributed by atoms with Crippen LogP contribution >= 0.6 is 11.6 Å². The zero-order valence-electron chi connectivity index (χ0n) is 9.00. The highest BCUT2D eigenvalue weighted by atomic mass is 35.5. The maximum Gasteiger partial charge on any atom is 0.353 e. The van der Waals surface area contributed by atoms with Gasteiger partial charge < -0.3 is 14.8 Å². The topological polar surface area (TPSA) is 79.5 Å². The minimum absolute atomic E-state index is 0.262. The van der Waals surface area contributed by atoms with Gasteiger partial charge in [-0.1, -0.05) is 17.7 Å². The number of hydrogen-bond acceptors (Lipinski definition) is 2. The van der Waals surface area contributed by atoms with E-state index in [4.69, 9.17) is 21.8 Å².